The first kappa shape index (κ1) is 22.5. The maximum atomic E-state index is 13.0. The number of nitrogens with one attached hydrogen (secondary N) is 2. The standard InChI is InChI=1S/C22H24ClN5O3S/c1-2-27-9-11-28(12-10-27)32(30,31)19-8-4-7-18(14-19)24-22(29)21-15-20(25-26-21)16-5-3-6-17(23)13-16/h3-8,13-15H,2,9-12H2,1H3,(H,24,29)(H,25,26). The van der Waals surface area contributed by atoms with Crippen molar-refractivity contribution in [1.29, 1.82) is 0 Å². The monoisotopic (exact) mass is 473 g/mol. The van der Waals surface area contributed by atoms with Gasteiger partial charge in [-0.1, -0.05) is 36.7 Å². The molecular weight excluding hydrogens is 450 g/mol. The van der Waals surface area contributed by atoms with Crippen LogP contribution in [0.25, 0.3) is 11.3 Å². The minimum atomic E-state index is -3.63. The summed E-state index contributed by atoms with van der Waals surface area (Å²) in [5, 5.41) is 10.2. The van der Waals surface area contributed by atoms with Crippen molar-refractivity contribution < 1.29 is 13.2 Å². The van der Waals surface area contributed by atoms with Crippen LogP contribution in [0.3, 0.4) is 0 Å². The Labute approximate surface area is 192 Å². The zero-order chi connectivity index (χ0) is 22.7. The summed E-state index contributed by atoms with van der Waals surface area (Å²) in [7, 11) is -3.63. The summed E-state index contributed by atoms with van der Waals surface area (Å²) in [5.41, 5.74) is 2.01. The van der Waals surface area contributed by atoms with Gasteiger partial charge in [-0.25, -0.2) is 8.42 Å². The number of carbonyl (C=O) groups is 1. The third-order valence-corrected chi connectivity index (χ3v) is 7.58. The van der Waals surface area contributed by atoms with Gasteiger partial charge < -0.3 is 10.2 Å². The topological polar surface area (TPSA) is 98.4 Å². The number of likely N-dealkylation sites (N-methyl/N-ethyl adjacent to an activating group) is 1. The molecule has 3 aromatic rings. The first-order chi connectivity index (χ1) is 15.4. The maximum absolute atomic E-state index is 13.0. The van der Waals surface area contributed by atoms with Crippen LogP contribution in [-0.4, -0.2) is 66.5 Å². The Kier molecular flexibility index (Phi) is 6.61. The molecule has 10 heteroatoms. The van der Waals surface area contributed by atoms with E-state index in [0.29, 0.717) is 42.6 Å². The molecule has 1 aliphatic rings. The van der Waals surface area contributed by atoms with E-state index < -0.39 is 15.9 Å². The summed E-state index contributed by atoms with van der Waals surface area (Å²) in [6.07, 6.45) is 0. The van der Waals surface area contributed by atoms with Crippen LogP contribution in [0.2, 0.25) is 5.02 Å². The molecule has 1 saturated heterocycles. The van der Waals surface area contributed by atoms with E-state index in [2.05, 4.69) is 27.3 Å². The largest absolute Gasteiger partial charge is 0.321 e. The van der Waals surface area contributed by atoms with Crippen LogP contribution < -0.4 is 5.32 Å². The molecule has 2 N–H and O–H groups in total. The fourth-order valence-electron chi connectivity index (χ4n) is 3.60. The van der Waals surface area contributed by atoms with Gasteiger partial charge in [0.15, 0.2) is 0 Å². The highest BCUT2D eigenvalue weighted by Gasteiger charge is 2.28. The molecule has 0 spiro atoms. The van der Waals surface area contributed by atoms with Crippen molar-refractivity contribution in [1.82, 2.24) is 19.4 Å². The molecule has 0 aliphatic carbocycles. The van der Waals surface area contributed by atoms with Crippen molar-refractivity contribution in [3.8, 4) is 11.3 Å². The van der Waals surface area contributed by atoms with Gasteiger partial charge in [-0.3, -0.25) is 9.89 Å². The molecule has 8 nitrogen and oxygen atoms in total. The maximum Gasteiger partial charge on any atom is 0.273 e. The van der Waals surface area contributed by atoms with Crippen LogP contribution >= 0.6 is 11.6 Å². The molecule has 0 radical (unpaired) electrons. The molecule has 32 heavy (non-hydrogen) atoms. The van der Waals surface area contributed by atoms with Gasteiger partial charge in [0.25, 0.3) is 5.91 Å². The summed E-state index contributed by atoms with van der Waals surface area (Å²) in [5.74, 6) is -0.420. The van der Waals surface area contributed by atoms with E-state index in [0.717, 1.165) is 12.1 Å². The number of anilines is 1. The van der Waals surface area contributed by atoms with Crippen LogP contribution in [-0.2, 0) is 10.0 Å². The fourth-order valence-corrected chi connectivity index (χ4v) is 5.26. The van der Waals surface area contributed by atoms with E-state index in [1.54, 1.807) is 42.5 Å². The molecule has 0 unspecified atom stereocenters. The lowest BCUT2D eigenvalue weighted by Gasteiger charge is -2.33. The zero-order valence-electron chi connectivity index (χ0n) is 17.6. The second-order valence-corrected chi connectivity index (χ2v) is 9.87. The molecule has 1 amide bonds. The second-order valence-electron chi connectivity index (χ2n) is 7.50. The lowest BCUT2D eigenvalue weighted by molar-refractivity contribution is 0.102. The minimum Gasteiger partial charge on any atom is -0.321 e. The number of halogens is 1. The van der Waals surface area contributed by atoms with Crippen LogP contribution in [0.1, 0.15) is 17.4 Å². The number of nitrogens with zero attached hydrogens (tertiary/aromatic N) is 3. The Morgan fingerprint density at radius 3 is 2.56 bits per heavy atom. The molecule has 4 rings (SSSR count). The van der Waals surface area contributed by atoms with E-state index in [9.17, 15) is 13.2 Å². The number of aromatic nitrogens is 2. The summed E-state index contributed by atoms with van der Waals surface area (Å²) in [6, 6.07) is 15.1. The molecular formula is C22H24ClN5O3S. The number of H-pyrrole nitrogens is 1. The average Bonchev–Trinajstić information content (AvgIpc) is 3.30. The molecule has 1 fully saturated rings. The lowest BCUT2D eigenvalue weighted by Crippen LogP contribution is -2.48. The van der Waals surface area contributed by atoms with Crippen molar-refractivity contribution in [2.45, 2.75) is 11.8 Å². The summed E-state index contributed by atoms with van der Waals surface area (Å²) < 4.78 is 27.6. The number of benzene rings is 2. The van der Waals surface area contributed by atoms with E-state index >= 15 is 0 Å². The fraction of sp³-hybridized carbons (Fsp3) is 0.273. The van der Waals surface area contributed by atoms with Crippen molar-refractivity contribution in [3.63, 3.8) is 0 Å². The Morgan fingerprint density at radius 2 is 1.84 bits per heavy atom. The molecule has 1 aromatic heterocycles. The number of amides is 1. The van der Waals surface area contributed by atoms with Crippen LogP contribution in [0.5, 0.6) is 0 Å². The number of rotatable bonds is 6. The van der Waals surface area contributed by atoms with Gasteiger partial charge in [0.1, 0.15) is 5.69 Å². The Hall–Kier alpha value is -2.72. The smallest absolute Gasteiger partial charge is 0.273 e. The summed E-state index contributed by atoms with van der Waals surface area (Å²) >= 11 is 6.02. The molecule has 0 saturated carbocycles. The molecule has 2 aromatic carbocycles. The average molecular weight is 474 g/mol. The van der Waals surface area contributed by atoms with Crippen LogP contribution in [0, 0.1) is 0 Å². The van der Waals surface area contributed by atoms with E-state index in [-0.39, 0.29) is 10.6 Å². The molecule has 2 heterocycles. The van der Waals surface area contributed by atoms with Crippen molar-refractivity contribution in [2.24, 2.45) is 0 Å². The summed E-state index contributed by atoms with van der Waals surface area (Å²) in [6.45, 7) is 5.29. The third kappa shape index (κ3) is 4.86. The SMILES string of the molecule is CCN1CCN(S(=O)(=O)c2cccc(NC(=O)c3cc(-c4cccc(Cl)c4)n[nH]3)c2)CC1. The number of sulfonamides is 1. The highest BCUT2D eigenvalue weighted by Crippen LogP contribution is 2.23. The van der Waals surface area contributed by atoms with Crippen molar-refractivity contribution >= 4 is 33.2 Å². The van der Waals surface area contributed by atoms with Gasteiger partial charge in [0.2, 0.25) is 10.0 Å². The Morgan fingerprint density at radius 1 is 1.09 bits per heavy atom. The number of carbonyl (C=O) groups excluding carboxylic acids is 1. The number of piperazine rings is 1. The van der Waals surface area contributed by atoms with Gasteiger partial charge in [-0.2, -0.15) is 9.40 Å². The normalized spacial score (nSPS) is 15.6. The van der Waals surface area contributed by atoms with Crippen LogP contribution in [0.4, 0.5) is 5.69 Å². The number of hydrogen-bond acceptors (Lipinski definition) is 5. The van der Waals surface area contributed by atoms with Crippen molar-refractivity contribution in [2.75, 3.05) is 38.0 Å². The highest BCUT2D eigenvalue weighted by atomic mass is 35.5. The first-order valence-corrected chi connectivity index (χ1v) is 12.1. The summed E-state index contributed by atoms with van der Waals surface area (Å²) in [4.78, 5) is 15.1. The Balaban J connectivity index is 1.48. The molecule has 1 aliphatic heterocycles. The zero-order valence-corrected chi connectivity index (χ0v) is 19.2. The second kappa shape index (κ2) is 9.41. The van der Waals surface area contributed by atoms with E-state index in [4.69, 9.17) is 11.6 Å². The molecule has 168 valence electrons. The highest BCUT2D eigenvalue weighted by molar-refractivity contribution is 7.89. The van der Waals surface area contributed by atoms with Gasteiger partial charge >= 0.3 is 0 Å². The van der Waals surface area contributed by atoms with Crippen molar-refractivity contribution in [3.05, 3.63) is 65.3 Å². The number of aromatic amines is 1. The predicted molar refractivity (Wildman–Crippen MR) is 124 cm³/mol. The van der Waals surface area contributed by atoms with E-state index in [1.807, 2.05) is 6.07 Å². The molecule has 0 bridgehead atoms. The van der Waals surface area contributed by atoms with E-state index in [1.165, 1.54) is 10.4 Å². The number of hydrogen-bond donors (Lipinski definition) is 2. The van der Waals surface area contributed by atoms with Crippen LogP contribution in [0.15, 0.2) is 59.5 Å². The third-order valence-electron chi connectivity index (χ3n) is 5.45. The molecule has 0 atom stereocenters. The Bertz CT molecular complexity index is 1220. The van der Waals surface area contributed by atoms with Gasteiger partial charge in [-0.15, -0.1) is 0 Å². The van der Waals surface area contributed by atoms with Gasteiger partial charge in [0.05, 0.1) is 10.6 Å². The first-order valence-electron chi connectivity index (χ1n) is 10.3. The quantitative estimate of drug-likeness (QED) is 0.572. The minimum absolute atomic E-state index is 0.157. The van der Waals surface area contributed by atoms with Gasteiger partial charge in [0, 0.05) is 42.5 Å². The predicted octanol–water partition coefficient (Wildman–Crippen LogP) is 3.31. The van der Waals surface area contributed by atoms with Gasteiger partial charge in [-0.05, 0) is 42.9 Å². The lowest BCUT2D eigenvalue weighted by atomic mass is 10.1.